The quantitative estimate of drug-likeness (QED) is 0.166. The minimum Gasteiger partial charge on any atom is -0.497 e. The number of benzene rings is 4. The Morgan fingerprint density at radius 1 is 0.971 bits per heavy atom. The smallest absolute Gasteiger partial charge is 0.271 e. The van der Waals surface area contributed by atoms with Crippen molar-refractivity contribution in [2.45, 2.75) is 6.61 Å². The van der Waals surface area contributed by atoms with E-state index in [2.05, 4.69) is 57.4 Å². The van der Waals surface area contributed by atoms with E-state index in [1.807, 2.05) is 30.3 Å². The standard InChI is InChI=1S/C27H23IN2O4/c1-32-22-11-6-9-20(15-22)27(31)30-29-16-18-13-24(28)26(25(14-18)33-2)34-17-21-10-5-8-19-7-3-4-12-23(19)21/h3-16H,17H2,1-2H3,(H,30,31)/b29-16-. The Labute approximate surface area is 211 Å². The number of ether oxygens (including phenoxy) is 3. The highest BCUT2D eigenvalue weighted by molar-refractivity contribution is 14.1. The summed E-state index contributed by atoms with van der Waals surface area (Å²) in [6.45, 7) is 0.414. The molecule has 172 valence electrons. The summed E-state index contributed by atoms with van der Waals surface area (Å²) in [5.74, 6) is 1.53. The summed E-state index contributed by atoms with van der Waals surface area (Å²) in [6, 6.07) is 25.0. The van der Waals surface area contributed by atoms with E-state index in [0.717, 1.165) is 20.1 Å². The fourth-order valence-corrected chi connectivity index (χ4v) is 4.30. The number of hydrazone groups is 1. The summed E-state index contributed by atoms with van der Waals surface area (Å²) in [5, 5.41) is 6.42. The maximum Gasteiger partial charge on any atom is 0.271 e. The first kappa shape index (κ1) is 23.6. The molecule has 1 N–H and O–H groups in total. The molecule has 7 heteroatoms. The Morgan fingerprint density at radius 3 is 2.59 bits per heavy atom. The largest absolute Gasteiger partial charge is 0.497 e. The van der Waals surface area contributed by atoms with Crippen LogP contribution in [0.1, 0.15) is 21.5 Å². The fourth-order valence-electron chi connectivity index (χ4n) is 3.52. The minimum atomic E-state index is -0.327. The SMILES string of the molecule is COc1cccc(C(=O)N/N=C\c2cc(I)c(OCc3cccc4ccccc34)c(OC)c2)c1. The number of fused-ring (bicyclic) bond motifs is 1. The van der Waals surface area contributed by atoms with Gasteiger partial charge in [-0.15, -0.1) is 0 Å². The van der Waals surface area contributed by atoms with Crippen LogP contribution >= 0.6 is 22.6 Å². The molecule has 0 heterocycles. The molecule has 4 aromatic carbocycles. The molecular weight excluding hydrogens is 543 g/mol. The minimum absolute atomic E-state index is 0.327. The van der Waals surface area contributed by atoms with Gasteiger partial charge in [0.25, 0.3) is 5.91 Å². The maximum absolute atomic E-state index is 12.3. The molecule has 0 spiro atoms. The average molecular weight is 566 g/mol. The summed E-state index contributed by atoms with van der Waals surface area (Å²) >= 11 is 2.21. The molecule has 0 atom stereocenters. The van der Waals surface area contributed by atoms with Crippen molar-refractivity contribution in [1.29, 1.82) is 0 Å². The Hall–Kier alpha value is -3.59. The molecule has 4 rings (SSSR count). The monoisotopic (exact) mass is 566 g/mol. The second kappa shape index (κ2) is 11.0. The topological polar surface area (TPSA) is 69.2 Å². The highest BCUT2D eigenvalue weighted by atomic mass is 127. The van der Waals surface area contributed by atoms with E-state index in [4.69, 9.17) is 14.2 Å². The predicted octanol–water partition coefficient (Wildman–Crippen LogP) is 5.80. The van der Waals surface area contributed by atoms with Crippen LogP contribution in [0.3, 0.4) is 0 Å². The van der Waals surface area contributed by atoms with Crippen LogP contribution in [-0.2, 0) is 6.61 Å². The summed E-state index contributed by atoms with van der Waals surface area (Å²) in [7, 11) is 3.15. The van der Waals surface area contributed by atoms with Gasteiger partial charge in [-0.3, -0.25) is 4.79 Å². The molecule has 0 fully saturated rings. The molecule has 0 radical (unpaired) electrons. The van der Waals surface area contributed by atoms with Crippen molar-refractivity contribution in [2.75, 3.05) is 14.2 Å². The maximum atomic E-state index is 12.3. The highest BCUT2D eigenvalue weighted by Gasteiger charge is 2.13. The molecule has 0 aliphatic rings. The van der Waals surface area contributed by atoms with Crippen LogP contribution in [0.4, 0.5) is 0 Å². The van der Waals surface area contributed by atoms with E-state index in [1.54, 1.807) is 44.7 Å². The second-order valence-electron chi connectivity index (χ2n) is 7.39. The van der Waals surface area contributed by atoms with Crippen LogP contribution in [0, 0.1) is 3.57 Å². The molecule has 1 amide bonds. The molecule has 0 aromatic heterocycles. The lowest BCUT2D eigenvalue weighted by atomic mass is 10.1. The van der Waals surface area contributed by atoms with Gasteiger partial charge >= 0.3 is 0 Å². The zero-order chi connectivity index (χ0) is 23.9. The summed E-state index contributed by atoms with van der Waals surface area (Å²) < 4.78 is 17.8. The Kier molecular flexibility index (Phi) is 7.64. The van der Waals surface area contributed by atoms with Crippen LogP contribution in [-0.4, -0.2) is 26.3 Å². The number of hydrogen-bond donors (Lipinski definition) is 1. The van der Waals surface area contributed by atoms with Gasteiger partial charge in [0.2, 0.25) is 0 Å². The van der Waals surface area contributed by atoms with Gasteiger partial charge in [0.1, 0.15) is 12.4 Å². The number of methoxy groups -OCH3 is 2. The molecule has 0 unspecified atom stereocenters. The van der Waals surface area contributed by atoms with Gasteiger partial charge in [-0.1, -0.05) is 48.5 Å². The molecule has 0 bridgehead atoms. The number of nitrogens with zero attached hydrogens (tertiary/aromatic N) is 1. The van der Waals surface area contributed by atoms with Crippen LogP contribution in [0.15, 0.2) is 84.0 Å². The zero-order valence-corrected chi connectivity index (χ0v) is 20.9. The number of halogens is 1. The van der Waals surface area contributed by atoms with Gasteiger partial charge in [-0.2, -0.15) is 5.10 Å². The molecule has 6 nitrogen and oxygen atoms in total. The first-order valence-electron chi connectivity index (χ1n) is 10.5. The molecular formula is C27H23IN2O4. The number of carbonyl (C=O) groups excluding carboxylic acids is 1. The third kappa shape index (κ3) is 5.48. The summed E-state index contributed by atoms with van der Waals surface area (Å²) in [4.78, 5) is 12.3. The van der Waals surface area contributed by atoms with Crippen LogP contribution in [0.5, 0.6) is 17.2 Å². The normalized spacial score (nSPS) is 10.9. The highest BCUT2D eigenvalue weighted by Crippen LogP contribution is 2.34. The number of carbonyl (C=O) groups is 1. The Balaban J connectivity index is 1.47. The number of hydrogen-bond acceptors (Lipinski definition) is 5. The molecule has 0 aliphatic carbocycles. The van der Waals surface area contributed by atoms with Gasteiger partial charge < -0.3 is 14.2 Å². The van der Waals surface area contributed by atoms with Gasteiger partial charge in [0.05, 0.1) is 24.0 Å². The lowest BCUT2D eigenvalue weighted by molar-refractivity contribution is 0.0955. The van der Waals surface area contributed by atoms with E-state index >= 15 is 0 Å². The van der Waals surface area contributed by atoms with Crippen molar-refractivity contribution in [3.8, 4) is 17.2 Å². The van der Waals surface area contributed by atoms with Crippen molar-refractivity contribution in [3.05, 3.63) is 99.1 Å². The Bertz CT molecular complexity index is 1350. The molecule has 34 heavy (non-hydrogen) atoms. The third-order valence-corrected chi connectivity index (χ3v) is 6.02. The van der Waals surface area contributed by atoms with Gasteiger partial charge in [0.15, 0.2) is 11.5 Å². The third-order valence-electron chi connectivity index (χ3n) is 5.22. The first-order valence-corrected chi connectivity index (χ1v) is 11.6. The van der Waals surface area contributed by atoms with Crippen LogP contribution in [0.2, 0.25) is 0 Å². The molecule has 0 saturated heterocycles. The van der Waals surface area contributed by atoms with Crippen LogP contribution < -0.4 is 19.6 Å². The van der Waals surface area contributed by atoms with E-state index in [9.17, 15) is 4.79 Å². The van der Waals surface area contributed by atoms with Crippen LogP contribution in [0.25, 0.3) is 10.8 Å². The lowest BCUT2D eigenvalue weighted by Gasteiger charge is -2.14. The average Bonchev–Trinajstić information content (AvgIpc) is 2.87. The molecule has 0 saturated carbocycles. The van der Waals surface area contributed by atoms with Crippen molar-refractivity contribution in [2.24, 2.45) is 5.10 Å². The van der Waals surface area contributed by atoms with E-state index in [-0.39, 0.29) is 5.91 Å². The zero-order valence-electron chi connectivity index (χ0n) is 18.7. The fraction of sp³-hybridized carbons (Fsp3) is 0.111. The van der Waals surface area contributed by atoms with E-state index < -0.39 is 0 Å². The predicted molar refractivity (Wildman–Crippen MR) is 142 cm³/mol. The summed E-state index contributed by atoms with van der Waals surface area (Å²) in [6.07, 6.45) is 1.57. The van der Waals surface area contributed by atoms with Gasteiger partial charge in [0, 0.05) is 5.56 Å². The lowest BCUT2D eigenvalue weighted by Crippen LogP contribution is -2.17. The number of nitrogens with one attached hydrogen (secondary N) is 1. The van der Waals surface area contributed by atoms with Crippen molar-refractivity contribution in [1.82, 2.24) is 5.43 Å². The summed E-state index contributed by atoms with van der Waals surface area (Å²) in [5.41, 5.74) is 4.86. The van der Waals surface area contributed by atoms with Gasteiger partial charge in [-0.05, 0) is 74.8 Å². The van der Waals surface area contributed by atoms with Crippen molar-refractivity contribution in [3.63, 3.8) is 0 Å². The van der Waals surface area contributed by atoms with Gasteiger partial charge in [-0.25, -0.2) is 5.43 Å². The second-order valence-corrected chi connectivity index (χ2v) is 8.55. The van der Waals surface area contributed by atoms with E-state index in [1.165, 1.54) is 5.39 Å². The number of amides is 1. The molecule has 4 aromatic rings. The van der Waals surface area contributed by atoms with E-state index in [0.29, 0.717) is 29.4 Å². The number of rotatable bonds is 8. The van der Waals surface area contributed by atoms with Crippen molar-refractivity contribution < 1.29 is 19.0 Å². The van der Waals surface area contributed by atoms with Crippen molar-refractivity contribution >= 4 is 45.5 Å². The molecule has 0 aliphatic heterocycles. The Morgan fingerprint density at radius 2 is 1.76 bits per heavy atom. The first-order chi connectivity index (χ1) is 16.6.